The maximum Gasteiger partial charge on any atom is 0.138 e. The number of pyridine rings is 1. The fraction of sp³-hybridized carbons (Fsp3) is 0.235. The first kappa shape index (κ1) is 14.3. The van der Waals surface area contributed by atoms with Crippen LogP contribution in [0.5, 0.6) is 5.75 Å². The third kappa shape index (κ3) is 4.86. The van der Waals surface area contributed by atoms with Crippen LogP contribution in [0.1, 0.15) is 17.5 Å². The van der Waals surface area contributed by atoms with Crippen molar-refractivity contribution in [1.82, 2.24) is 10.3 Å². The first-order chi connectivity index (χ1) is 9.88. The van der Waals surface area contributed by atoms with Gasteiger partial charge in [-0.1, -0.05) is 42.5 Å². The molecule has 0 bridgehead atoms. The van der Waals surface area contributed by atoms with Crippen LogP contribution in [-0.2, 0) is 6.61 Å². The molecule has 0 fully saturated rings. The first-order valence-electron chi connectivity index (χ1n) is 6.81. The molecule has 1 N–H and O–H groups in total. The highest BCUT2D eigenvalue weighted by molar-refractivity contribution is 5.49. The largest absolute Gasteiger partial charge is 0.487 e. The van der Waals surface area contributed by atoms with Crippen LogP contribution in [0.25, 0.3) is 6.08 Å². The summed E-state index contributed by atoms with van der Waals surface area (Å²) in [4.78, 5) is 4.20. The van der Waals surface area contributed by atoms with Gasteiger partial charge >= 0.3 is 0 Å². The Labute approximate surface area is 120 Å². The van der Waals surface area contributed by atoms with Crippen LogP contribution in [0.15, 0.2) is 54.9 Å². The highest BCUT2D eigenvalue weighted by Gasteiger charge is 1.97. The summed E-state index contributed by atoms with van der Waals surface area (Å²) < 4.78 is 5.75. The van der Waals surface area contributed by atoms with E-state index in [0.29, 0.717) is 6.61 Å². The van der Waals surface area contributed by atoms with Gasteiger partial charge in [-0.2, -0.15) is 0 Å². The quantitative estimate of drug-likeness (QED) is 0.782. The molecule has 1 aromatic carbocycles. The molecule has 2 rings (SSSR count). The predicted molar refractivity (Wildman–Crippen MR) is 82.6 cm³/mol. The van der Waals surface area contributed by atoms with Crippen LogP contribution in [0.3, 0.4) is 0 Å². The lowest BCUT2D eigenvalue weighted by Gasteiger charge is -2.06. The van der Waals surface area contributed by atoms with Crippen molar-refractivity contribution in [2.75, 3.05) is 13.6 Å². The van der Waals surface area contributed by atoms with Gasteiger partial charge in [-0.25, -0.2) is 0 Å². The number of rotatable bonds is 7. The van der Waals surface area contributed by atoms with Gasteiger partial charge in [0.05, 0.1) is 6.20 Å². The number of nitrogens with zero attached hydrogens (tertiary/aromatic N) is 1. The standard InChI is InChI=1S/C17H20N2O/c1-18-10-6-5-9-16-11-17(13-19-12-16)20-14-15-7-3-2-4-8-15/h2-5,7-9,11-13,18H,6,10,14H2,1H3/b9-5+. The molecule has 0 spiro atoms. The molecule has 3 heteroatoms. The molecule has 0 atom stereocenters. The molecular formula is C17H20N2O. The lowest BCUT2D eigenvalue weighted by Crippen LogP contribution is -2.05. The van der Waals surface area contributed by atoms with Crippen LogP contribution < -0.4 is 10.1 Å². The highest BCUT2D eigenvalue weighted by atomic mass is 16.5. The summed E-state index contributed by atoms with van der Waals surface area (Å²) in [6.07, 6.45) is 8.79. The number of hydrogen-bond acceptors (Lipinski definition) is 3. The van der Waals surface area contributed by atoms with E-state index >= 15 is 0 Å². The Bertz CT molecular complexity index is 538. The fourth-order valence-corrected chi connectivity index (χ4v) is 1.79. The number of hydrogen-bond donors (Lipinski definition) is 1. The second kappa shape index (κ2) is 8.12. The highest BCUT2D eigenvalue weighted by Crippen LogP contribution is 2.14. The van der Waals surface area contributed by atoms with Crippen LogP contribution in [0, 0.1) is 0 Å². The van der Waals surface area contributed by atoms with Gasteiger partial charge in [0, 0.05) is 6.20 Å². The van der Waals surface area contributed by atoms with E-state index in [1.54, 1.807) is 6.20 Å². The van der Waals surface area contributed by atoms with Crippen molar-refractivity contribution in [3.8, 4) is 5.75 Å². The van der Waals surface area contributed by atoms with Gasteiger partial charge in [-0.3, -0.25) is 4.98 Å². The lowest BCUT2D eigenvalue weighted by molar-refractivity contribution is 0.305. The number of aromatic nitrogens is 1. The summed E-state index contributed by atoms with van der Waals surface area (Å²) in [5.41, 5.74) is 2.22. The molecule has 2 aromatic rings. The minimum absolute atomic E-state index is 0.565. The molecule has 0 saturated carbocycles. The molecule has 0 unspecified atom stereocenters. The van der Waals surface area contributed by atoms with Crippen molar-refractivity contribution in [1.29, 1.82) is 0 Å². The predicted octanol–water partition coefficient (Wildman–Crippen LogP) is 3.28. The zero-order valence-electron chi connectivity index (χ0n) is 11.8. The summed E-state index contributed by atoms with van der Waals surface area (Å²) in [6.45, 7) is 1.55. The average Bonchev–Trinajstić information content (AvgIpc) is 2.51. The smallest absolute Gasteiger partial charge is 0.138 e. The molecule has 1 heterocycles. The van der Waals surface area contributed by atoms with Crippen molar-refractivity contribution in [2.45, 2.75) is 13.0 Å². The molecule has 0 aliphatic heterocycles. The van der Waals surface area contributed by atoms with Gasteiger partial charge in [0.2, 0.25) is 0 Å². The summed E-state index contributed by atoms with van der Waals surface area (Å²) >= 11 is 0. The molecule has 3 nitrogen and oxygen atoms in total. The SMILES string of the molecule is CNCC/C=C/c1cncc(OCc2ccccc2)c1. The van der Waals surface area contributed by atoms with Crippen LogP contribution in [-0.4, -0.2) is 18.6 Å². The second-order valence-corrected chi connectivity index (χ2v) is 4.52. The van der Waals surface area contributed by atoms with E-state index in [2.05, 4.69) is 34.6 Å². The maximum atomic E-state index is 5.75. The Kier molecular flexibility index (Phi) is 5.80. The van der Waals surface area contributed by atoms with Gasteiger partial charge < -0.3 is 10.1 Å². The van der Waals surface area contributed by atoms with Crippen molar-refractivity contribution in [2.24, 2.45) is 0 Å². The molecule has 0 amide bonds. The van der Waals surface area contributed by atoms with E-state index in [1.807, 2.05) is 37.5 Å². The summed E-state index contributed by atoms with van der Waals surface area (Å²) in [5.74, 6) is 0.796. The van der Waals surface area contributed by atoms with Gasteiger partial charge in [-0.05, 0) is 37.2 Å². The van der Waals surface area contributed by atoms with Gasteiger partial charge in [0.15, 0.2) is 0 Å². The molecule has 0 aliphatic carbocycles. The Morgan fingerprint density at radius 1 is 1.20 bits per heavy atom. The maximum absolute atomic E-state index is 5.75. The van der Waals surface area contributed by atoms with E-state index < -0.39 is 0 Å². The Morgan fingerprint density at radius 2 is 2.05 bits per heavy atom. The van der Waals surface area contributed by atoms with E-state index in [1.165, 1.54) is 0 Å². The molecule has 0 saturated heterocycles. The van der Waals surface area contributed by atoms with Gasteiger partial charge in [-0.15, -0.1) is 0 Å². The molecule has 104 valence electrons. The normalized spacial score (nSPS) is 10.8. The third-order valence-corrected chi connectivity index (χ3v) is 2.85. The zero-order chi connectivity index (χ0) is 14.0. The van der Waals surface area contributed by atoms with Crippen molar-refractivity contribution < 1.29 is 4.74 Å². The van der Waals surface area contributed by atoms with Crippen molar-refractivity contribution in [3.63, 3.8) is 0 Å². The first-order valence-corrected chi connectivity index (χ1v) is 6.81. The third-order valence-electron chi connectivity index (χ3n) is 2.85. The molecule has 0 aliphatic rings. The van der Waals surface area contributed by atoms with Gasteiger partial charge in [0.25, 0.3) is 0 Å². The number of benzene rings is 1. The van der Waals surface area contributed by atoms with E-state index in [4.69, 9.17) is 4.74 Å². The molecule has 0 radical (unpaired) electrons. The Morgan fingerprint density at radius 3 is 2.85 bits per heavy atom. The van der Waals surface area contributed by atoms with Crippen LogP contribution >= 0.6 is 0 Å². The van der Waals surface area contributed by atoms with Crippen LogP contribution in [0.2, 0.25) is 0 Å². The number of ether oxygens (including phenoxy) is 1. The molecular weight excluding hydrogens is 248 g/mol. The minimum Gasteiger partial charge on any atom is -0.487 e. The van der Waals surface area contributed by atoms with Crippen LogP contribution in [0.4, 0.5) is 0 Å². The lowest BCUT2D eigenvalue weighted by atomic mass is 10.2. The molecule has 20 heavy (non-hydrogen) atoms. The Balaban J connectivity index is 1.90. The second-order valence-electron chi connectivity index (χ2n) is 4.52. The molecule has 1 aromatic heterocycles. The summed E-state index contributed by atoms with van der Waals surface area (Å²) in [6, 6.07) is 12.1. The topological polar surface area (TPSA) is 34.2 Å². The zero-order valence-corrected chi connectivity index (χ0v) is 11.8. The van der Waals surface area contributed by atoms with E-state index in [0.717, 1.165) is 29.8 Å². The van der Waals surface area contributed by atoms with Crippen molar-refractivity contribution >= 4 is 6.08 Å². The number of nitrogens with one attached hydrogen (secondary N) is 1. The summed E-state index contributed by atoms with van der Waals surface area (Å²) in [5, 5.41) is 3.11. The van der Waals surface area contributed by atoms with E-state index in [-0.39, 0.29) is 0 Å². The van der Waals surface area contributed by atoms with E-state index in [9.17, 15) is 0 Å². The average molecular weight is 268 g/mol. The van der Waals surface area contributed by atoms with Gasteiger partial charge in [0.1, 0.15) is 12.4 Å². The minimum atomic E-state index is 0.565. The Hall–Kier alpha value is -2.13. The summed E-state index contributed by atoms with van der Waals surface area (Å²) in [7, 11) is 1.95. The van der Waals surface area contributed by atoms with Crippen molar-refractivity contribution in [3.05, 3.63) is 66.0 Å². The monoisotopic (exact) mass is 268 g/mol. The fourth-order valence-electron chi connectivity index (χ4n) is 1.79.